The molecule has 0 saturated heterocycles. The highest BCUT2D eigenvalue weighted by atomic mass is 32.2. The van der Waals surface area contributed by atoms with Crippen molar-refractivity contribution in [1.82, 2.24) is 20.2 Å². The van der Waals surface area contributed by atoms with Crippen LogP contribution in [-0.2, 0) is 4.79 Å². The molecule has 1 amide bonds. The summed E-state index contributed by atoms with van der Waals surface area (Å²) >= 11 is 1.17. The molecule has 138 valence electrons. The van der Waals surface area contributed by atoms with Crippen LogP contribution >= 0.6 is 11.8 Å². The number of rotatable bonds is 5. The Labute approximate surface area is 157 Å². The van der Waals surface area contributed by atoms with E-state index >= 15 is 0 Å². The number of hydrogen-bond acceptors (Lipinski definition) is 7. The Morgan fingerprint density at radius 3 is 2.96 bits per heavy atom. The van der Waals surface area contributed by atoms with Gasteiger partial charge in [0.2, 0.25) is 17.9 Å². The summed E-state index contributed by atoms with van der Waals surface area (Å²) in [5.74, 6) is 0.605. The Kier molecular flexibility index (Phi) is 4.63. The molecule has 2 heterocycles. The monoisotopic (exact) mass is 387 g/mol. The van der Waals surface area contributed by atoms with E-state index in [-0.39, 0.29) is 12.7 Å². The van der Waals surface area contributed by atoms with Gasteiger partial charge in [-0.2, -0.15) is 4.68 Å². The molecule has 0 saturated carbocycles. The minimum absolute atomic E-state index is 0.168. The van der Waals surface area contributed by atoms with Gasteiger partial charge >= 0.3 is 0 Å². The topological polar surface area (TPSA) is 91.2 Å². The van der Waals surface area contributed by atoms with Gasteiger partial charge in [-0.15, -0.1) is 5.10 Å². The van der Waals surface area contributed by atoms with Gasteiger partial charge in [-0.1, -0.05) is 17.8 Å². The van der Waals surface area contributed by atoms with E-state index in [1.165, 1.54) is 28.6 Å². The van der Waals surface area contributed by atoms with Crippen molar-refractivity contribution in [3.63, 3.8) is 0 Å². The molecule has 27 heavy (non-hydrogen) atoms. The van der Waals surface area contributed by atoms with Crippen LogP contribution in [0.1, 0.15) is 6.92 Å². The van der Waals surface area contributed by atoms with E-state index < -0.39 is 11.1 Å². The van der Waals surface area contributed by atoms with Gasteiger partial charge < -0.3 is 14.8 Å². The summed E-state index contributed by atoms with van der Waals surface area (Å²) in [6.07, 6.45) is 0. The first-order chi connectivity index (χ1) is 13.1. The Morgan fingerprint density at radius 1 is 1.26 bits per heavy atom. The molecule has 0 radical (unpaired) electrons. The third-order valence-electron chi connectivity index (χ3n) is 3.79. The Bertz CT molecular complexity index is 996. The number of fused-ring (bicyclic) bond motifs is 1. The molecule has 1 unspecified atom stereocenters. The molecule has 1 aromatic heterocycles. The van der Waals surface area contributed by atoms with Crippen LogP contribution in [0.25, 0.3) is 5.69 Å². The molecule has 0 aliphatic carbocycles. The van der Waals surface area contributed by atoms with Gasteiger partial charge in [0.15, 0.2) is 11.5 Å². The Hall–Kier alpha value is -3.14. The zero-order valence-electron chi connectivity index (χ0n) is 14.1. The van der Waals surface area contributed by atoms with E-state index in [2.05, 4.69) is 20.8 Å². The molecule has 3 aromatic rings. The first kappa shape index (κ1) is 17.3. The molecule has 0 bridgehead atoms. The van der Waals surface area contributed by atoms with Gasteiger partial charge in [0.25, 0.3) is 0 Å². The predicted octanol–water partition coefficient (Wildman–Crippen LogP) is 2.65. The molecule has 1 aliphatic rings. The number of anilines is 1. The summed E-state index contributed by atoms with van der Waals surface area (Å²) in [7, 11) is 0. The van der Waals surface area contributed by atoms with Gasteiger partial charge in [-0.05, 0) is 47.7 Å². The number of halogens is 1. The van der Waals surface area contributed by atoms with Gasteiger partial charge in [0, 0.05) is 11.8 Å². The average molecular weight is 387 g/mol. The van der Waals surface area contributed by atoms with Gasteiger partial charge in [0.1, 0.15) is 5.82 Å². The standard InChI is InChI=1S/C17H14FN5O3S/c1-10(16(24)19-12-5-6-14-15(8-12)26-9-25-14)27-17-20-21-22-23(17)13-4-2-3-11(18)7-13/h2-8,10H,9H2,1H3,(H,19,24). The lowest BCUT2D eigenvalue weighted by Crippen LogP contribution is -2.22. The maximum Gasteiger partial charge on any atom is 0.237 e. The summed E-state index contributed by atoms with van der Waals surface area (Å²) in [6, 6.07) is 11.1. The van der Waals surface area contributed by atoms with Crippen molar-refractivity contribution in [1.29, 1.82) is 0 Å². The van der Waals surface area contributed by atoms with Crippen LogP contribution in [0.5, 0.6) is 11.5 Å². The maximum atomic E-state index is 13.4. The van der Waals surface area contributed by atoms with Gasteiger partial charge in [-0.3, -0.25) is 4.79 Å². The summed E-state index contributed by atoms with van der Waals surface area (Å²) in [5, 5.41) is 14.1. The third kappa shape index (κ3) is 3.70. The van der Waals surface area contributed by atoms with Crippen molar-refractivity contribution < 1.29 is 18.7 Å². The largest absolute Gasteiger partial charge is 0.454 e. The molecule has 1 atom stereocenters. The van der Waals surface area contributed by atoms with Crippen LogP contribution in [0.2, 0.25) is 0 Å². The second kappa shape index (κ2) is 7.23. The van der Waals surface area contributed by atoms with Crippen molar-refractivity contribution in [3.05, 3.63) is 48.3 Å². The van der Waals surface area contributed by atoms with E-state index in [9.17, 15) is 9.18 Å². The zero-order chi connectivity index (χ0) is 18.8. The number of carbonyl (C=O) groups excluding carboxylic acids is 1. The van der Waals surface area contributed by atoms with Crippen molar-refractivity contribution in [2.45, 2.75) is 17.3 Å². The lowest BCUT2D eigenvalue weighted by molar-refractivity contribution is -0.115. The van der Waals surface area contributed by atoms with Crippen LogP contribution in [0.3, 0.4) is 0 Å². The van der Waals surface area contributed by atoms with Crippen LogP contribution in [0, 0.1) is 5.82 Å². The highest BCUT2D eigenvalue weighted by Crippen LogP contribution is 2.34. The van der Waals surface area contributed by atoms with Crippen molar-refractivity contribution in [2.24, 2.45) is 0 Å². The third-order valence-corrected chi connectivity index (χ3v) is 4.82. The number of ether oxygens (including phenoxy) is 2. The van der Waals surface area contributed by atoms with Crippen molar-refractivity contribution >= 4 is 23.4 Å². The number of nitrogens with zero attached hydrogens (tertiary/aromatic N) is 4. The summed E-state index contributed by atoms with van der Waals surface area (Å²) in [5.41, 5.74) is 1.08. The highest BCUT2D eigenvalue weighted by Gasteiger charge is 2.21. The molecule has 10 heteroatoms. The fourth-order valence-electron chi connectivity index (χ4n) is 2.45. The minimum atomic E-state index is -0.492. The van der Waals surface area contributed by atoms with E-state index in [4.69, 9.17) is 9.47 Å². The number of nitrogens with one attached hydrogen (secondary N) is 1. The average Bonchev–Trinajstić information content (AvgIpc) is 3.30. The molecule has 1 N–H and O–H groups in total. The van der Waals surface area contributed by atoms with E-state index in [0.717, 1.165) is 0 Å². The van der Waals surface area contributed by atoms with Gasteiger partial charge in [-0.25, -0.2) is 4.39 Å². The van der Waals surface area contributed by atoms with Crippen LogP contribution < -0.4 is 14.8 Å². The van der Waals surface area contributed by atoms with Gasteiger partial charge in [0.05, 0.1) is 10.9 Å². The summed E-state index contributed by atoms with van der Waals surface area (Å²) in [6.45, 7) is 1.90. The van der Waals surface area contributed by atoms with Crippen molar-refractivity contribution in [2.75, 3.05) is 12.1 Å². The molecule has 8 nitrogen and oxygen atoms in total. The van der Waals surface area contributed by atoms with E-state index in [1.807, 2.05) is 0 Å². The number of benzene rings is 2. The maximum absolute atomic E-state index is 13.4. The number of tetrazole rings is 1. The second-order valence-electron chi connectivity index (χ2n) is 5.67. The molecular formula is C17H14FN5O3S. The Morgan fingerprint density at radius 2 is 2.11 bits per heavy atom. The van der Waals surface area contributed by atoms with Crippen molar-refractivity contribution in [3.8, 4) is 17.2 Å². The van der Waals surface area contributed by atoms with E-state index in [0.29, 0.717) is 28.0 Å². The smallest absolute Gasteiger partial charge is 0.237 e. The van der Waals surface area contributed by atoms with Crippen LogP contribution in [-0.4, -0.2) is 38.2 Å². The Balaban J connectivity index is 1.46. The molecule has 2 aromatic carbocycles. The number of aromatic nitrogens is 4. The normalized spacial score (nSPS) is 13.4. The first-order valence-electron chi connectivity index (χ1n) is 8.01. The number of thioether (sulfide) groups is 1. The fraction of sp³-hybridized carbons (Fsp3) is 0.176. The number of amides is 1. The van der Waals surface area contributed by atoms with E-state index in [1.54, 1.807) is 37.3 Å². The number of hydrogen-bond donors (Lipinski definition) is 1. The van der Waals surface area contributed by atoms with Crippen LogP contribution in [0.4, 0.5) is 10.1 Å². The summed E-state index contributed by atoms with van der Waals surface area (Å²) < 4.78 is 25.4. The highest BCUT2D eigenvalue weighted by molar-refractivity contribution is 8.00. The summed E-state index contributed by atoms with van der Waals surface area (Å²) in [4.78, 5) is 12.5. The molecule has 4 rings (SSSR count). The quantitative estimate of drug-likeness (QED) is 0.673. The lowest BCUT2D eigenvalue weighted by atomic mass is 10.2. The first-order valence-corrected chi connectivity index (χ1v) is 8.89. The second-order valence-corrected chi connectivity index (χ2v) is 6.98. The van der Waals surface area contributed by atoms with Crippen LogP contribution in [0.15, 0.2) is 47.6 Å². The number of carbonyl (C=O) groups is 1. The molecule has 0 spiro atoms. The molecule has 1 aliphatic heterocycles. The molecule has 0 fully saturated rings. The minimum Gasteiger partial charge on any atom is -0.454 e. The molecular weight excluding hydrogens is 373 g/mol. The predicted molar refractivity (Wildman–Crippen MR) is 95.6 cm³/mol. The lowest BCUT2D eigenvalue weighted by Gasteiger charge is -2.12. The fourth-order valence-corrected chi connectivity index (χ4v) is 3.26. The zero-order valence-corrected chi connectivity index (χ0v) is 14.9. The SMILES string of the molecule is CC(Sc1nnnn1-c1cccc(F)c1)C(=O)Nc1ccc2c(c1)OCO2.